The lowest BCUT2D eigenvalue weighted by molar-refractivity contribution is -0.137. The van der Waals surface area contributed by atoms with Gasteiger partial charge >= 0.3 is 6.18 Å². The van der Waals surface area contributed by atoms with Crippen molar-refractivity contribution in [1.82, 2.24) is 29.9 Å². The van der Waals surface area contributed by atoms with Crippen LogP contribution in [0.1, 0.15) is 34.6 Å². The van der Waals surface area contributed by atoms with Gasteiger partial charge in [0.15, 0.2) is 5.69 Å². The van der Waals surface area contributed by atoms with Gasteiger partial charge in [-0.2, -0.15) is 23.4 Å². The molecule has 5 rings (SSSR count). The van der Waals surface area contributed by atoms with E-state index in [0.717, 1.165) is 25.1 Å². The van der Waals surface area contributed by atoms with Crippen molar-refractivity contribution in [3.05, 3.63) is 59.8 Å². The number of nitrogens with zero attached hydrogens (tertiary/aromatic N) is 6. The number of hydrogen-bond acceptors (Lipinski definition) is 6. The van der Waals surface area contributed by atoms with Gasteiger partial charge in [-0.3, -0.25) is 4.79 Å². The lowest BCUT2D eigenvalue weighted by atomic mass is 10.0. The van der Waals surface area contributed by atoms with Crippen LogP contribution in [0.4, 0.5) is 13.2 Å². The number of aromatic nitrogens is 5. The zero-order chi connectivity index (χ0) is 23.2. The molecule has 0 aromatic carbocycles. The molecule has 1 saturated heterocycles. The number of rotatable bonds is 5. The lowest BCUT2D eigenvalue weighted by Crippen LogP contribution is -2.48. The molecule has 3 atom stereocenters. The van der Waals surface area contributed by atoms with E-state index in [0.29, 0.717) is 29.8 Å². The predicted octanol–water partition coefficient (Wildman–Crippen LogP) is 3.31. The SMILES string of the molecule is Cc1ccc(-n2nccn2)c(C(=O)N2CC3CC3C[C@H]2COc2ccc(C(F)(F)F)cn2)n1. The molecule has 8 nitrogen and oxygen atoms in total. The minimum absolute atomic E-state index is 0.0865. The first kappa shape index (κ1) is 21.4. The number of piperidine rings is 1. The van der Waals surface area contributed by atoms with E-state index in [1.807, 2.05) is 0 Å². The summed E-state index contributed by atoms with van der Waals surface area (Å²) in [5.41, 5.74) is 0.591. The molecule has 11 heteroatoms. The number of carbonyl (C=O) groups excluding carboxylic acids is 1. The summed E-state index contributed by atoms with van der Waals surface area (Å²) < 4.78 is 44.0. The van der Waals surface area contributed by atoms with Gasteiger partial charge in [-0.05, 0) is 49.8 Å². The highest BCUT2D eigenvalue weighted by Crippen LogP contribution is 2.47. The number of pyridine rings is 2. The maximum absolute atomic E-state index is 13.6. The number of ether oxygens (including phenoxy) is 1. The minimum atomic E-state index is -4.46. The third-order valence-corrected chi connectivity index (χ3v) is 6.11. The van der Waals surface area contributed by atoms with E-state index in [-0.39, 0.29) is 30.1 Å². The number of fused-ring (bicyclic) bond motifs is 1. The molecule has 3 aromatic heterocycles. The molecule has 2 fully saturated rings. The van der Waals surface area contributed by atoms with Crippen molar-refractivity contribution in [2.45, 2.75) is 32.0 Å². The summed E-state index contributed by atoms with van der Waals surface area (Å²) in [6.07, 6.45) is 1.15. The average molecular weight is 458 g/mol. The highest BCUT2D eigenvalue weighted by Gasteiger charge is 2.48. The normalized spacial score (nSPS) is 22.1. The minimum Gasteiger partial charge on any atom is -0.475 e. The maximum atomic E-state index is 13.6. The van der Waals surface area contributed by atoms with Gasteiger partial charge in [-0.15, -0.1) is 4.80 Å². The number of carbonyl (C=O) groups is 1. The number of amides is 1. The van der Waals surface area contributed by atoms with Crippen LogP contribution in [-0.4, -0.2) is 55.0 Å². The molecule has 0 radical (unpaired) electrons. The molecule has 2 unspecified atom stereocenters. The standard InChI is InChI=1S/C22H21F3N6O2/c1-13-2-4-18(31-27-6-7-28-31)20(29-13)21(32)30-11-15-8-14(15)9-17(30)12-33-19-5-3-16(10-26-19)22(23,24)25/h2-7,10,14-15,17H,8-9,11-12H2,1H3/t14?,15?,17-/m0/s1. The Morgan fingerprint density at radius 3 is 2.61 bits per heavy atom. The first-order chi connectivity index (χ1) is 15.8. The van der Waals surface area contributed by atoms with Gasteiger partial charge < -0.3 is 9.64 Å². The molecule has 172 valence electrons. The van der Waals surface area contributed by atoms with E-state index in [9.17, 15) is 18.0 Å². The van der Waals surface area contributed by atoms with Crippen LogP contribution in [0.5, 0.6) is 5.88 Å². The number of halogens is 3. The molecule has 1 amide bonds. The van der Waals surface area contributed by atoms with E-state index < -0.39 is 11.7 Å². The maximum Gasteiger partial charge on any atom is 0.417 e. The van der Waals surface area contributed by atoms with Crippen LogP contribution in [0, 0.1) is 18.8 Å². The summed E-state index contributed by atoms with van der Waals surface area (Å²) in [5.74, 6) is 0.820. The number of aryl methyl sites for hydroxylation is 1. The molecular weight excluding hydrogens is 437 g/mol. The monoisotopic (exact) mass is 458 g/mol. The Bertz CT molecular complexity index is 1150. The van der Waals surface area contributed by atoms with Crippen LogP contribution in [0.25, 0.3) is 5.69 Å². The van der Waals surface area contributed by atoms with Crippen molar-refractivity contribution < 1.29 is 22.7 Å². The predicted molar refractivity (Wildman–Crippen MR) is 110 cm³/mol. The van der Waals surface area contributed by atoms with Crippen LogP contribution in [0.15, 0.2) is 42.9 Å². The quantitative estimate of drug-likeness (QED) is 0.583. The Hall–Kier alpha value is -3.50. The summed E-state index contributed by atoms with van der Waals surface area (Å²) in [7, 11) is 0. The van der Waals surface area contributed by atoms with E-state index in [1.54, 1.807) is 24.0 Å². The summed E-state index contributed by atoms with van der Waals surface area (Å²) in [6, 6.07) is 5.44. The Morgan fingerprint density at radius 2 is 1.91 bits per heavy atom. The van der Waals surface area contributed by atoms with Gasteiger partial charge in [0.05, 0.1) is 24.0 Å². The fourth-order valence-corrected chi connectivity index (χ4v) is 4.27. The smallest absolute Gasteiger partial charge is 0.417 e. The average Bonchev–Trinajstić information content (AvgIpc) is 3.34. The molecule has 1 saturated carbocycles. The van der Waals surface area contributed by atoms with Gasteiger partial charge in [0.25, 0.3) is 5.91 Å². The van der Waals surface area contributed by atoms with Gasteiger partial charge in [0.1, 0.15) is 12.3 Å². The van der Waals surface area contributed by atoms with E-state index in [4.69, 9.17) is 4.74 Å². The van der Waals surface area contributed by atoms with Crippen LogP contribution in [0.2, 0.25) is 0 Å². The van der Waals surface area contributed by atoms with E-state index in [2.05, 4.69) is 20.2 Å². The number of alkyl halides is 3. The summed E-state index contributed by atoms with van der Waals surface area (Å²) in [6.45, 7) is 2.52. The Labute approximate surface area is 187 Å². The first-order valence-electron chi connectivity index (χ1n) is 10.6. The summed E-state index contributed by atoms with van der Waals surface area (Å²) in [4.78, 5) is 25.0. The third kappa shape index (κ3) is 4.39. The molecule has 1 aliphatic heterocycles. The van der Waals surface area contributed by atoms with Crippen molar-refractivity contribution in [3.8, 4) is 11.6 Å². The van der Waals surface area contributed by atoms with Crippen LogP contribution in [-0.2, 0) is 6.18 Å². The van der Waals surface area contributed by atoms with Crippen molar-refractivity contribution in [2.75, 3.05) is 13.2 Å². The lowest BCUT2D eigenvalue weighted by Gasteiger charge is -2.35. The fourth-order valence-electron chi connectivity index (χ4n) is 4.27. The number of likely N-dealkylation sites (tertiary alicyclic amines) is 1. The molecule has 0 spiro atoms. The van der Waals surface area contributed by atoms with Crippen LogP contribution >= 0.6 is 0 Å². The Kier molecular flexibility index (Phi) is 5.26. The largest absolute Gasteiger partial charge is 0.475 e. The van der Waals surface area contributed by atoms with Gasteiger partial charge in [-0.1, -0.05) is 0 Å². The molecular formula is C22H21F3N6O2. The second kappa shape index (κ2) is 8.13. The van der Waals surface area contributed by atoms with Crippen molar-refractivity contribution in [1.29, 1.82) is 0 Å². The highest BCUT2D eigenvalue weighted by molar-refractivity contribution is 5.96. The Balaban J connectivity index is 1.36. The first-order valence-corrected chi connectivity index (χ1v) is 10.6. The zero-order valence-corrected chi connectivity index (χ0v) is 17.7. The fraction of sp³-hybridized carbons (Fsp3) is 0.409. The van der Waals surface area contributed by atoms with Gasteiger partial charge in [-0.25, -0.2) is 9.97 Å². The molecule has 1 aliphatic carbocycles. The highest BCUT2D eigenvalue weighted by atomic mass is 19.4. The van der Waals surface area contributed by atoms with E-state index >= 15 is 0 Å². The molecule has 3 aromatic rings. The molecule has 4 heterocycles. The molecule has 2 aliphatic rings. The molecule has 0 N–H and O–H groups in total. The molecule has 33 heavy (non-hydrogen) atoms. The third-order valence-electron chi connectivity index (χ3n) is 6.11. The van der Waals surface area contributed by atoms with Crippen LogP contribution < -0.4 is 4.74 Å². The van der Waals surface area contributed by atoms with Gasteiger partial charge in [0.2, 0.25) is 5.88 Å². The summed E-state index contributed by atoms with van der Waals surface area (Å²) in [5, 5.41) is 8.26. The van der Waals surface area contributed by atoms with Crippen molar-refractivity contribution in [2.24, 2.45) is 11.8 Å². The van der Waals surface area contributed by atoms with Crippen molar-refractivity contribution >= 4 is 5.91 Å². The number of hydrogen-bond donors (Lipinski definition) is 0. The molecule has 0 bridgehead atoms. The topological polar surface area (TPSA) is 86.0 Å². The zero-order valence-electron chi connectivity index (χ0n) is 17.7. The summed E-state index contributed by atoms with van der Waals surface area (Å²) >= 11 is 0. The van der Waals surface area contributed by atoms with E-state index in [1.165, 1.54) is 23.3 Å². The van der Waals surface area contributed by atoms with Crippen LogP contribution in [0.3, 0.4) is 0 Å². The second-order valence-corrected chi connectivity index (χ2v) is 8.44. The Morgan fingerprint density at radius 1 is 1.12 bits per heavy atom. The van der Waals surface area contributed by atoms with Gasteiger partial charge in [0, 0.05) is 24.5 Å². The van der Waals surface area contributed by atoms with Crippen molar-refractivity contribution in [3.63, 3.8) is 0 Å². The second-order valence-electron chi connectivity index (χ2n) is 8.44.